The van der Waals surface area contributed by atoms with Crippen molar-refractivity contribution in [2.24, 2.45) is 0 Å². The van der Waals surface area contributed by atoms with Gasteiger partial charge in [0.2, 0.25) is 5.91 Å². The van der Waals surface area contributed by atoms with Crippen molar-refractivity contribution < 1.29 is 23.0 Å². The van der Waals surface area contributed by atoms with E-state index in [2.05, 4.69) is 9.97 Å². The van der Waals surface area contributed by atoms with Crippen molar-refractivity contribution in [3.8, 4) is 16.9 Å². The summed E-state index contributed by atoms with van der Waals surface area (Å²) < 4.78 is 41.4. The highest BCUT2D eigenvalue weighted by atomic mass is 19.1. The number of alkyl halides is 1. The largest absolute Gasteiger partial charge is 0.495 e. The monoisotopic (exact) mass is 494 g/mol. The second kappa shape index (κ2) is 9.05. The van der Waals surface area contributed by atoms with Gasteiger partial charge in [-0.1, -0.05) is 12.1 Å². The Labute approximate surface area is 208 Å². The molecule has 2 aliphatic heterocycles. The number of halogens is 2. The molecule has 1 aliphatic carbocycles. The van der Waals surface area contributed by atoms with E-state index >= 15 is 8.78 Å². The van der Waals surface area contributed by atoms with Crippen LogP contribution >= 0.6 is 0 Å². The molecule has 0 radical (unpaired) electrons. The topological polar surface area (TPSA) is 67.8 Å². The van der Waals surface area contributed by atoms with E-state index in [4.69, 9.17) is 9.47 Å². The number of amides is 1. The summed E-state index contributed by atoms with van der Waals surface area (Å²) in [6.45, 7) is 1.13. The Morgan fingerprint density at radius 3 is 2.78 bits per heavy atom. The zero-order valence-electron chi connectivity index (χ0n) is 20.1. The van der Waals surface area contributed by atoms with E-state index in [-0.39, 0.29) is 37.3 Å². The van der Waals surface area contributed by atoms with Gasteiger partial charge in [-0.25, -0.2) is 8.78 Å². The van der Waals surface area contributed by atoms with Crippen LogP contribution in [0.4, 0.5) is 8.78 Å². The number of pyridine rings is 2. The molecule has 188 valence electrons. The molecule has 1 amide bonds. The summed E-state index contributed by atoms with van der Waals surface area (Å²) in [6.07, 6.45) is 4.46. The van der Waals surface area contributed by atoms with Crippen molar-refractivity contribution in [3.63, 3.8) is 0 Å². The number of nitrogens with zero attached hydrogens (tertiary/aromatic N) is 4. The molecule has 4 heterocycles. The van der Waals surface area contributed by atoms with E-state index in [0.29, 0.717) is 30.8 Å². The van der Waals surface area contributed by atoms with Gasteiger partial charge in [-0.3, -0.25) is 19.7 Å². The number of carbonyl (C=O) groups is 1. The molecule has 1 spiro atoms. The maximum absolute atomic E-state index is 15.4. The Hall–Kier alpha value is -3.17. The zero-order chi connectivity index (χ0) is 24.9. The highest BCUT2D eigenvalue weighted by molar-refractivity contribution is 5.85. The summed E-state index contributed by atoms with van der Waals surface area (Å²) in [5.74, 6) is 0.201. The van der Waals surface area contributed by atoms with Crippen LogP contribution in [0.25, 0.3) is 22.0 Å². The van der Waals surface area contributed by atoms with E-state index in [1.165, 1.54) is 6.07 Å². The number of morpholine rings is 1. The Morgan fingerprint density at radius 1 is 1.17 bits per heavy atom. The molecule has 1 saturated carbocycles. The predicted octanol–water partition coefficient (Wildman–Crippen LogP) is 3.75. The third-order valence-corrected chi connectivity index (χ3v) is 7.59. The first-order valence-electron chi connectivity index (χ1n) is 12.3. The number of piperidine rings is 1. The standard InChI is InChI=1S/C27H28F2N4O3/c1-35-21-8-18-3-2-17(10-23(18)31-12-21)19-9-22(28)24(30-11-19)13-32-7-6-27(25(29)14-32)16-33(20-4-5-20)26(34)15-36-27/h2-3,8-12,20,25H,4-7,13-16H2,1H3/t25-,27?/m0/s1. The van der Waals surface area contributed by atoms with Gasteiger partial charge in [0.15, 0.2) is 0 Å². The Kier molecular flexibility index (Phi) is 5.84. The van der Waals surface area contributed by atoms with Gasteiger partial charge in [0, 0.05) is 42.8 Å². The van der Waals surface area contributed by atoms with E-state index < -0.39 is 17.6 Å². The number of methoxy groups -OCH3 is 1. The maximum atomic E-state index is 15.4. The highest BCUT2D eigenvalue weighted by Crippen LogP contribution is 2.38. The molecule has 3 aliphatic rings. The van der Waals surface area contributed by atoms with Crippen LogP contribution in [0.2, 0.25) is 0 Å². The van der Waals surface area contributed by atoms with Gasteiger partial charge in [-0.05, 0) is 43.0 Å². The van der Waals surface area contributed by atoms with Crippen molar-refractivity contribution in [3.05, 3.63) is 54.2 Å². The lowest BCUT2D eigenvalue weighted by Gasteiger charge is -2.48. The first-order chi connectivity index (χ1) is 17.4. The molecule has 1 aromatic carbocycles. The summed E-state index contributed by atoms with van der Waals surface area (Å²) in [4.78, 5) is 24.6. The van der Waals surface area contributed by atoms with E-state index in [9.17, 15) is 4.79 Å². The summed E-state index contributed by atoms with van der Waals surface area (Å²) >= 11 is 0. The van der Waals surface area contributed by atoms with Crippen LogP contribution in [-0.4, -0.2) is 76.8 Å². The molecule has 3 aromatic rings. The van der Waals surface area contributed by atoms with Crippen molar-refractivity contribution in [1.29, 1.82) is 0 Å². The van der Waals surface area contributed by atoms with Crippen LogP contribution in [0.1, 0.15) is 25.0 Å². The number of hydrogen-bond acceptors (Lipinski definition) is 6. The van der Waals surface area contributed by atoms with Gasteiger partial charge in [-0.2, -0.15) is 0 Å². The fraction of sp³-hybridized carbons (Fsp3) is 0.444. The zero-order valence-corrected chi connectivity index (χ0v) is 20.1. The summed E-state index contributed by atoms with van der Waals surface area (Å²) in [6, 6.07) is 9.31. The number of carbonyl (C=O) groups excluding carboxylic acids is 1. The minimum absolute atomic E-state index is 0.0500. The molecule has 2 aromatic heterocycles. The molecule has 2 saturated heterocycles. The second-order valence-corrected chi connectivity index (χ2v) is 9.99. The number of ether oxygens (including phenoxy) is 2. The van der Waals surface area contributed by atoms with Gasteiger partial charge in [0.1, 0.15) is 29.9 Å². The van der Waals surface area contributed by atoms with Crippen LogP contribution in [-0.2, 0) is 16.1 Å². The van der Waals surface area contributed by atoms with Crippen LogP contribution in [0.5, 0.6) is 5.75 Å². The average Bonchev–Trinajstić information content (AvgIpc) is 3.73. The summed E-state index contributed by atoms with van der Waals surface area (Å²) in [5.41, 5.74) is 1.56. The van der Waals surface area contributed by atoms with Crippen molar-refractivity contribution in [2.45, 2.75) is 43.6 Å². The normalized spacial score (nSPS) is 25.0. The maximum Gasteiger partial charge on any atom is 0.248 e. The first-order valence-corrected chi connectivity index (χ1v) is 12.3. The molecule has 9 heteroatoms. The van der Waals surface area contributed by atoms with E-state index in [1.54, 1.807) is 24.4 Å². The lowest BCUT2D eigenvalue weighted by Crippen LogP contribution is -2.64. The Bertz CT molecular complexity index is 1320. The molecule has 7 nitrogen and oxygen atoms in total. The van der Waals surface area contributed by atoms with Gasteiger partial charge in [0.05, 0.1) is 31.1 Å². The molecular formula is C27H28F2N4O3. The highest BCUT2D eigenvalue weighted by Gasteiger charge is 2.51. The molecule has 6 rings (SSSR count). The van der Waals surface area contributed by atoms with Gasteiger partial charge >= 0.3 is 0 Å². The molecule has 0 N–H and O–H groups in total. The minimum Gasteiger partial charge on any atom is -0.495 e. The molecule has 1 unspecified atom stereocenters. The third-order valence-electron chi connectivity index (χ3n) is 7.59. The Morgan fingerprint density at radius 2 is 2.03 bits per heavy atom. The number of hydrogen-bond donors (Lipinski definition) is 0. The summed E-state index contributed by atoms with van der Waals surface area (Å²) in [7, 11) is 1.59. The van der Waals surface area contributed by atoms with Crippen LogP contribution in [0.3, 0.4) is 0 Å². The van der Waals surface area contributed by atoms with Gasteiger partial charge in [-0.15, -0.1) is 0 Å². The lowest BCUT2D eigenvalue weighted by molar-refractivity contribution is -0.189. The number of benzene rings is 1. The fourth-order valence-corrected chi connectivity index (χ4v) is 5.25. The molecular weight excluding hydrogens is 466 g/mol. The van der Waals surface area contributed by atoms with E-state index in [1.807, 2.05) is 29.2 Å². The number of fused-ring (bicyclic) bond motifs is 1. The third kappa shape index (κ3) is 4.30. The van der Waals surface area contributed by atoms with Gasteiger partial charge in [0.25, 0.3) is 0 Å². The van der Waals surface area contributed by atoms with Crippen molar-refractivity contribution in [2.75, 3.05) is 33.4 Å². The van der Waals surface area contributed by atoms with Crippen molar-refractivity contribution >= 4 is 16.8 Å². The second-order valence-electron chi connectivity index (χ2n) is 9.99. The number of aromatic nitrogens is 2. The lowest BCUT2D eigenvalue weighted by atomic mass is 9.87. The summed E-state index contributed by atoms with van der Waals surface area (Å²) in [5, 5.41) is 0.929. The van der Waals surface area contributed by atoms with Crippen LogP contribution in [0.15, 0.2) is 42.7 Å². The Balaban J connectivity index is 1.14. The van der Waals surface area contributed by atoms with Crippen LogP contribution in [0, 0.1) is 5.82 Å². The van der Waals surface area contributed by atoms with Crippen LogP contribution < -0.4 is 4.74 Å². The first kappa shape index (κ1) is 23.2. The average molecular weight is 495 g/mol. The number of likely N-dealkylation sites (tertiary alicyclic amines) is 1. The van der Waals surface area contributed by atoms with Crippen molar-refractivity contribution in [1.82, 2.24) is 19.8 Å². The molecule has 0 bridgehead atoms. The number of rotatable bonds is 5. The molecule has 2 atom stereocenters. The van der Waals surface area contributed by atoms with Gasteiger partial charge < -0.3 is 14.4 Å². The SMILES string of the molecule is COc1cnc2cc(-c3cnc(CN4CCC5(CN(C6CC6)C(=O)CO5)[C@@H](F)C4)c(F)c3)ccc2c1. The quantitative estimate of drug-likeness (QED) is 0.538. The predicted molar refractivity (Wildman–Crippen MR) is 130 cm³/mol. The molecule has 36 heavy (non-hydrogen) atoms. The molecule has 3 fully saturated rings. The van der Waals surface area contributed by atoms with E-state index in [0.717, 1.165) is 29.3 Å². The smallest absolute Gasteiger partial charge is 0.248 e. The fourth-order valence-electron chi connectivity index (χ4n) is 5.25. The minimum atomic E-state index is -1.26.